The second-order valence-electron chi connectivity index (χ2n) is 3.01. The van der Waals surface area contributed by atoms with Crippen LogP contribution in [0, 0.1) is 0 Å². The molecule has 4 nitrogen and oxygen atoms in total. The van der Waals surface area contributed by atoms with Crippen molar-refractivity contribution >= 4 is 11.6 Å². The maximum Gasteiger partial charge on any atom is 0.227 e. The predicted molar refractivity (Wildman–Crippen MR) is 51.7 cm³/mol. The number of carbonyl (C=O) groups is 1. The summed E-state index contributed by atoms with van der Waals surface area (Å²) in [6.45, 7) is 0.409. The van der Waals surface area contributed by atoms with E-state index in [4.69, 9.17) is 9.47 Å². The molecule has 1 amide bonds. The number of ether oxygens (including phenoxy) is 2. The minimum Gasteiger partial charge on any atom is -0.497 e. The lowest BCUT2D eigenvalue weighted by molar-refractivity contribution is -0.116. The van der Waals surface area contributed by atoms with E-state index in [1.165, 1.54) is 0 Å². The maximum absolute atomic E-state index is 11.2. The summed E-state index contributed by atoms with van der Waals surface area (Å²) in [5.41, 5.74) is 0.702. The van der Waals surface area contributed by atoms with Crippen molar-refractivity contribution in [3.05, 3.63) is 18.2 Å². The summed E-state index contributed by atoms with van der Waals surface area (Å²) in [4.78, 5) is 11.2. The summed E-state index contributed by atoms with van der Waals surface area (Å²) in [6, 6.07) is 5.33. The van der Waals surface area contributed by atoms with Crippen molar-refractivity contribution < 1.29 is 14.3 Å². The summed E-state index contributed by atoms with van der Waals surface area (Å²) in [5.74, 6) is 1.36. The summed E-state index contributed by atoms with van der Waals surface area (Å²) in [6.07, 6.45) is 0.386. The van der Waals surface area contributed by atoms with E-state index in [1.54, 1.807) is 25.3 Å². The lowest BCUT2D eigenvalue weighted by atomic mass is 10.2. The van der Waals surface area contributed by atoms with Crippen LogP contribution < -0.4 is 14.8 Å². The normalized spacial score (nSPS) is 14.8. The number of rotatable bonds is 1. The quantitative estimate of drug-likeness (QED) is 0.733. The van der Waals surface area contributed by atoms with E-state index in [0.29, 0.717) is 24.5 Å². The molecule has 0 aromatic heterocycles. The third-order valence-corrected chi connectivity index (χ3v) is 2.05. The first kappa shape index (κ1) is 8.87. The Balaban J connectivity index is 2.35. The Kier molecular flexibility index (Phi) is 2.26. The second kappa shape index (κ2) is 3.57. The van der Waals surface area contributed by atoms with Gasteiger partial charge in [-0.1, -0.05) is 0 Å². The Hall–Kier alpha value is -1.71. The highest BCUT2D eigenvalue weighted by atomic mass is 16.5. The molecule has 1 aliphatic heterocycles. The summed E-state index contributed by atoms with van der Waals surface area (Å²) < 4.78 is 10.5. The molecule has 0 radical (unpaired) electrons. The van der Waals surface area contributed by atoms with Crippen LogP contribution in [0.1, 0.15) is 6.42 Å². The van der Waals surface area contributed by atoms with Crippen LogP contribution in [0.15, 0.2) is 18.2 Å². The molecule has 0 saturated heterocycles. The summed E-state index contributed by atoms with van der Waals surface area (Å²) in [5, 5.41) is 2.75. The highest BCUT2D eigenvalue weighted by molar-refractivity contribution is 5.93. The highest BCUT2D eigenvalue weighted by Gasteiger charge is 2.13. The van der Waals surface area contributed by atoms with Crippen LogP contribution in [0.4, 0.5) is 5.69 Å². The van der Waals surface area contributed by atoms with Crippen LogP contribution in [-0.2, 0) is 4.79 Å². The van der Waals surface area contributed by atoms with E-state index in [9.17, 15) is 4.79 Å². The Bertz CT molecular complexity index is 362. The zero-order chi connectivity index (χ0) is 9.97. The average molecular weight is 193 g/mol. The molecule has 1 N–H and O–H groups in total. The predicted octanol–water partition coefficient (Wildman–Crippen LogP) is 1.42. The van der Waals surface area contributed by atoms with Gasteiger partial charge in [-0.25, -0.2) is 0 Å². The van der Waals surface area contributed by atoms with Crippen molar-refractivity contribution in [3.8, 4) is 11.5 Å². The zero-order valence-electron chi connectivity index (χ0n) is 7.87. The average Bonchev–Trinajstić information content (AvgIpc) is 2.37. The number of methoxy groups -OCH3 is 1. The number of amides is 1. The van der Waals surface area contributed by atoms with Crippen LogP contribution in [0.5, 0.6) is 11.5 Å². The Morgan fingerprint density at radius 1 is 1.50 bits per heavy atom. The van der Waals surface area contributed by atoms with Gasteiger partial charge in [0.2, 0.25) is 5.91 Å². The molecule has 0 spiro atoms. The largest absolute Gasteiger partial charge is 0.497 e. The fourth-order valence-corrected chi connectivity index (χ4v) is 1.32. The molecule has 1 aromatic rings. The fourth-order valence-electron chi connectivity index (χ4n) is 1.32. The second-order valence-corrected chi connectivity index (χ2v) is 3.01. The molecule has 4 heteroatoms. The van der Waals surface area contributed by atoms with Gasteiger partial charge in [0.1, 0.15) is 11.5 Å². The zero-order valence-corrected chi connectivity index (χ0v) is 7.87. The van der Waals surface area contributed by atoms with Gasteiger partial charge in [0.05, 0.1) is 25.8 Å². The molecule has 0 saturated carbocycles. The van der Waals surface area contributed by atoms with E-state index in [1.807, 2.05) is 0 Å². The fraction of sp³-hybridized carbons (Fsp3) is 0.300. The molecule has 1 aromatic carbocycles. The molecule has 2 rings (SSSR count). The van der Waals surface area contributed by atoms with Gasteiger partial charge in [0.25, 0.3) is 0 Å². The highest BCUT2D eigenvalue weighted by Crippen LogP contribution is 2.30. The van der Waals surface area contributed by atoms with Crippen LogP contribution in [0.25, 0.3) is 0 Å². The molecule has 74 valence electrons. The van der Waals surface area contributed by atoms with E-state index >= 15 is 0 Å². The van der Waals surface area contributed by atoms with Crippen molar-refractivity contribution in [2.75, 3.05) is 19.0 Å². The van der Waals surface area contributed by atoms with Gasteiger partial charge in [0.15, 0.2) is 0 Å². The van der Waals surface area contributed by atoms with E-state index < -0.39 is 0 Å². The van der Waals surface area contributed by atoms with Gasteiger partial charge in [-0.3, -0.25) is 4.79 Å². The topological polar surface area (TPSA) is 47.6 Å². The number of anilines is 1. The Labute approximate surface area is 81.8 Å². The van der Waals surface area contributed by atoms with Crippen LogP contribution in [0.2, 0.25) is 0 Å². The molecule has 0 aliphatic carbocycles. The molecule has 14 heavy (non-hydrogen) atoms. The lowest BCUT2D eigenvalue weighted by Crippen LogP contribution is -2.10. The lowest BCUT2D eigenvalue weighted by Gasteiger charge is -2.08. The SMILES string of the molecule is COc1ccc2c(c1)OCCC(=O)N2. The van der Waals surface area contributed by atoms with E-state index in [2.05, 4.69) is 5.32 Å². The first-order chi connectivity index (χ1) is 6.79. The van der Waals surface area contributed by atoms with Crippen molar-refractivity contribution in [3.63, 3.8) is 0 Å². The van der Waals surface area contributed by atoms with Crippen LogP contribution in [0.3, 0.4) is 0 Å². The third-order valence-electron chi connectivity index (χ3n) is 2.05. The van der Waals surface area contributed by atoms with Crippen molar-refractivity contribution in [1.29, 1.82) is 0 Å². The molecule has 0 atom stereocenters. The van der Waals surface area contributed by atoms with Gasteiger partial charge in [-0.05, 0) is 12.1 Å². The smallest absolute Gasteiger partial charge is 0.227 e. The number of benzene rings is 1. The van der Waals surface area contributed by atoms with Gasteiger partial charge in [-0.2, -0.15) is 0 Å². The molecular formula is C10H11NO3. The minimum atomic E-state index is -0.0195. The van der Waals surface area contributed by atoms with Crippen LogP contribution >= 0.6 is 0 Å². The number of fused-ring (bicyclic) bond motifs is 1. The number of hydrogen-bond acceptors (Lipinski definition) is 3. The van der Waals surface area contributed by atoms with Crippen LogP contribution in [-0.4, -0.2) is 19.6 Å². The van der Waals surface area contributed by atoms with Gasteiger partial charge >= 0.3 is 0 Å². The third kappa shape index (κ3) is 1.64. The first-order valence-corrected chi connectivity index (χ1v) is 4.40. The van der Waals surface area contributed by atoms with E-state index in [0.717, 1.165) is 5.75 Å². The van der Waals surface area contributed by atoms with Crippen molar-refractivity contribution in [2.24, 2.45) is 0 Å². The standard InChI is InChI=1S/C10H11NO3/c1-13-7-2-3-8-9(6-7)14-5-4-10(12)11-8/h2-3,6H,4-5H2,1H3,(H,11,12). The van der Waals surface area contributed by atoms with Crippen molar-refractivity contribution in [2.45, 2.75) is 6.42 Å². The number of carbonyl (C=O) groups excluding carboxylic acids is 1. The first-order valence-electron chi connectivity index (χ1n) is 4.40. The Morgan fingerprint density at radius 3 is 3.14 bits per heavy atom. The van der Waals surface area contributed by atoms with Crippen molar-refractivity contribution in [1.82, 2.24) is 0 Å². The van der Waals surface area contributed by atoms with E-state index in [-0.39, 0.29) is 5.91 Å². The molecular weight excluding hydrogens is 182 g/mol. The van der Waals surface area contributed by atoms with Gasteiger partial charge in [-0.15, -0.1) is 0 Å². The molecule has 0 bridgehead atoms. The minimum absolute atomic E-state index is 0.0195. The monoisotopic (exact) mass is 193 g/mol. The number of nitrogens with one attached hydrogen (secondary N) is 1. The van der Waals surface area contributed by atoms with Gasteiger partial charge < -0.3 is 14.8 Å². The summed E-state index contributed by atoms with van der Waals surface area (Å²) in [7, 11) is 1.59. The summed E-state index contributed by atoms with van der Waals surface area (Å²) >= 11 is 0. The molecule has 0 unspecified atom stereocenters. The van der Waals surface area contributed by atoms with Gasteiger partial charge in [0, 0.05) is 6.07 Å². The molecule has 1 aliphatic rings. The molecule has 1 heterocycles. The number of hydrogen-bond donors (Lipinski definition) is 1. The Morgan fingerprint density at radius 2 is 2.36 bits per heavy atom. The molecule has 0 fully saturated rings. The maximum atomic E-state index is 11.2.